The predicted octanol–water partition coefficient (Wildman–Crippen LogP) is 2.83. The summed E-state index contributed by atoms with van der Waals surface area (Å²) in [4.78, 5) is 0. The average Bonchev–Trinajstić information content (AvgIpc) is 2.46. The Morgan fingerprint density at radius 1 is 1.47 bits per heavy atom. The molecule has 2 aromatic rings. The highest BCUT2D eigenvalue weighted by molar-refractivity contribution is 9.10. The summed E-state index contributed by atoms with van der Waals surface area (Å²) in [5.74, 6) is 0. The molecular weight excluding hydrogens is 252 g/mol. The smallest absolute Gasteiger partial charge is 0.0622 e. The van der Waals surface area contributed by atoms with Crippen molar-refractivity contribution in [2.45, 2.75) is 19.4 Å². The van der Waals surface area contributed by atoms with Gasteiger partial charge in [0.05, 0.1) is 5.52 Å². The second kappa shape index (κ2) is 3.99. The number of aromatic nitrogens is 1. The number of halogens is 1. The van der Waals surface area contributed by atoms with Crippen LogP contribution in [0.1, 0.15) is 12.5 Å². The third kappa shape index (κ3) is 2.08. The Morgan fingerprint density at radius 3 is 2.87 bits per heavy atom. The number of benzene rings is 1. The molecule has 0 aliphatic carbocycles. The zero-order valence-corrected chi connectivity index (χ0v) is 10.6. The van der Waals surface area contributed by atoms with Gasteiger partial charge in [0.25, 0.3) is 0 Å². The maximum atomic E-state index is 5.80. The van der Waals surface area contributed by atoms with Crippen LogP contribution >= 0.6 is 15.9 Å². The zero-order chi connectivity index (χ0) is 11.0. The molecule has 0 bridgehead atoms. The number of hydrogen-bond acceptors (Lipinski definition) is 1. The summed E-state index contributed by atoms with van der Waals surface area (Å²) in [6, 6.07) is 6.71. The van der Waals surface area contributed by atoms with Gasteiger partial charge in [-0.1, -0.05) is 0 Å². The molecule has 80 valence electrons. The lowest BCUT2D eigenvalue weighted by molar-refractivity contribution is 0.738. The van der Waals surface area contributed by atoms with E-state index in [9.17, 15) is 0 Å². The lowest BCUT2D eigenvalue weighted by atomic mass is 10.1. The molecule has 1 atom stereocenters. The summed E-state index contributed by atoms with van der Waals surface area (Å²) in [5.41, 5.74) is 8.33. The van der Waals surface area contributed by atoms with Crippen molar-refractivity contribution in [1.82, 2.24) is 4.57 Å². The van der Waals surface area contributed by atoms with Crippen molar-refractivity contribution >= 4 is 26.8 Å². The van der Waals surface area contributed by atoms with Gasteiger partial charge in [0, 0.05) is 29.1 Å². The molecule has 0 saturated heterocycles. The SMILES string of the molecule is CC(N)Cc1cc(Br)c2c(ccn2C)c1. The third-order valence-corrected chi connectivity index (χ3v) is 3.15. The molecule has 0 aliphatic rings. The topological polar surface area (TPSA) is 30.9 Å². The molecule has 1 aromatic heterocycles. The molecule has 1 heterocycles. The van der Waals surface area contributed by atoms with Crippen molar-refractivity contribution < 1.29 is 0 Å². The number of nitrogens with two attached hydrogens (primary N) is 1. The molecular formula is C12H15BrN2. The van der Waals surface area contributed by atoms with Gasteiger partial charge in [0.15, 0.2) is 0 Å². The van der Waals surface area contributed by atoms with Crippen molar-refractivity contribution in [3.8, 4) is 0 Å². The number of hydrogen-bond donors (Lipinski definition) is 1. The molecule has 0 radical (unpaired) electrons. The van der Waals surface area contributed by atoms with Gasteiger partial charge < -0.3 is 10.3 Å². The van der Waals surface area contributed by atoms with E-state index in [1.807, 2.05) is 6.92 Å². The van der Waals surface area contributed by atoms with E-state index in [1.165, 1.54) is 16.5 Å². The van der Waals surface area contributed by atoms with Crippen LogP contribution in [0.25, 0.3) is 10.9 Å². The Bertz CT molecular complexity index is 486. The van der Waals surface area contributed by atoms with E-state index < -0.39 is 0 Å². The number of nitrogens with zero attached hydrogens (tertiary/aromatic N) is 1. The van der Waals surface area contributed by atoms with Gasteiger partial charge in [-0.25, -0.2) is 0 Å². The van der Waals surface area contributed by atoms with Crippen molar-refractivity contribution in [2.24, 2.45) is 12.8 Å². The van der Waals surface area contributed by atoms with Crippen LogP contribution in [0.3, 0.4) is 0 Å². The van der Waals surface area contributed by atoms with E-state index in [-0.39, 0.29) is 6.04 Å². The summed E-state index contributed by atoms with van der Waals surface area (Å²) >= 11 is 3.61. The number of aryl methyl sites for hydroxylation is 1. The fourth-order valence-corrected chi connectivity index (χ4v) is 2.74. The van der Waals surface area contributed by atoms with Crippen LogP contribution in [0.4, 0.5) is 0 Å². The summed E-state index contributed by atoms with van der Waals surface area (Å²) in [7, 11) is 2.05. The van der Waals surface area contributed by atoms with Gasteiger partial charge in [-0.15, -0.1) is 0 Å². The van der Waals surface area contributed by atoms with E-state index in [0.29, 0.717) is 0 Å². The van der Waals surface area contributed by atoms with E-state index >= 15 is 0 Å². The Balaban J connectivity index is 2.53. The van der Waals surface area contributed by atoms with E-state index in [4.69, 9.17) is 5.73 Å². The van der Waals surface area contributed by atoms with Crippen LogP contribution in [0, 0.1) is 0 Å². The van der Waals surface area contributed by atoms with Gasteiger partial charge in [-0.2, -0.15) is 0 Å². The summed E-state index contributed by atoms with van der Waals surface area (Å²) < 4.78 is 3.26. The predicted molar refractivity (Wildman–Crippen MR) is 68.0 cm³/mol. The van der Waals surface area contributed by atoms with Crippen LogP contribution in [0.2, 0.25) is 0 Å². The minimum atomic E-state index is 0.207. The Morgan fingerprint density at radius 2 is 2.20 bits per heavy atom. The van der Waals surface area contributed by atoms with Crippen LogP contribution in [-0.4, -0.2) is 10.6 Å². The van der Waals surface area contributed by atoms with Crippen LogP contribution in [0.15, 0.2) is 28.9 Å². The Labute approximate surface area is 98.2 Å². The van der Waals surface area contributed by atoms with E-state index in [1.54, 1.807) is 0 Å². The fraction of sp³-hybridized carbons (Fsp3) is 0.333. The lowest BCUT2D eigenvalue weighted by Gasteiger charge is -2.07. The third-order valence-electron chi connectivity index (χ3n) is 2.54. The molecule has 1 aromatic carbocycles. The van der Waals surface area contributed by atoms with Gasteiger partial charge in [0.1, 0.15) is 0 Å². The molecule has 1 unspecified atom stereocenters. The zero-order valence-electron chi connectivity index (χ0n) is 9.00. The van der Waals surface area contributed by atoms with Gasteiger partial charge in [-0.05, 0) is 53.0 Å². The van der Waals surface area contributed by atoms with Crippen LogP contribution in [0.5, 0.6) is 0 Å². The highest BCUT2D eigenvalue weighted by atomic mass is 79.9. The average molecular weight is 267 g/mol. The van der Waals surface area contributed by atoms with Crippen molar-refractivity contribution in [2.75, 3.05) is 0 Å². The van der Waals surface area contributed by atoms with Gasteiger partial charge in [0.2, 0.25) is 0 Å². The molecule has 2 nitrogen and oxygen atoms in total. The second-order valence-corrected chi connectivity index (χ2v) is 4.98. The van der Waals surface area contributed by atoms with Crippen LogP contribution < -0.4 is 5.73 Å². The Hall–Kier alpha value is -0.800. The first-order valence-electron chi connectivity index (χ1n) is 5.07. The number of fused-ring (bicyclic) bond motifs is 1. The molecule has 0 fully saturated rings. The molecule has 2 rings (SSSR count). The lowest BCUT2D eigenvalue weighted by Crippen LogP contribution is -2.17. The summed E-state index contributed by atoms with van der Waals surface area (Å²) in [6.45, 7) is 2.03. The molecule has 15 heavy (non-hydrogen) atoms. The molecule has 0 amide bonds. The molecule has 0 spiro atoms. The highest BCUT2D eigenvalue weighted by Crippen LogP contribution is 2.26. The Kier molecular flexibility index (Phi) is 2.85. The first-order valence-corrected chi connectivity index (χ1v) is 5.86. The number of rotatable bonds is 2. The van der Waals surface area contributed by atoms with Crippen molar-refractivity contribution in [1.29, 1.82) is 0 Å². The molecule has 0 aliphatic heterocycles. The quantitative estimate of drug-likeness (QED) is 0.891. The van der Waals surface area contributed by atoms with Gasteiger partial charge >= 0.3 is 0 Å². The van der Waals surface area contributed by atoms with Crippen LogP contribution in [-0.2, 0) is 13.5 Å². The minimum Gasteiger partial charge on any atom is -0.350 e. The maximum Gasteiger partial charge on any atom is 0.0622 e. The monoisotopic (exact) mass is 266 g/mol. The highest BCUT2D eigenvalue weighted by Gasteiger charge is 2.06. The molecule has 2 N–H and O–H groups in total. The van der Waals surface area contributed by atoms with E-state index in [0.717, 1.165) is 10.9 Å². The summed E-state index contributed by atoms with van der Waals surface area (Å²) in [5, 5.41) is 1.27. The maximum absolute atomic E-state index is 5.80. The normalized spacial score (nSPS) is 13.3. The molecule has 0 saturated carbocycles. The second-order valence-electron chi connectivity index (χ2n) is 4.12. The van der Waals surface area contributed by atoms with E-state index in [2.05, 4.69) is 51.9 Å². The van der Waals surface area contributed by atoms with Gasteiger partial charge in [-0.3, -0.25) is 0 Å². The van der Waals surface area contributed by atoms with Crippen molar-refractivity contribution in [3.05, 3.63) is 34.4 Å². The van der Waals surface area contributed by atoms with Crippen molar-refractivity contribution in [3.63, 3.8) is 0 Å². The largest absolute Gasteiger partial charge is 0.350 e. The standard InChI is InChI=1S/C12H15BrN2/c1-8(14)5-9-6-10-3-4-15(2)12(10)11(13)7-9/h3-4,6-8H,5,14H2,1-2H3. The summed E-state index contributed by atoms with van der Waals surface area (Å²) in [6.07, 6.45) is 2.99. The fourth-order valence-electron chi connectivity index (χ4n) is 1.93. The first-order chi connectivity index (χ1) is 7.08. The molecule has 3 heteroatoms. The first kappa shape index (κ1) is 10.7. The minimum absolute atomic E-state index is 0.207.